The smallest absolute Gasteiger partial charge is 0.156 e. The summed E-state index contributed by atoms with van der Waals surface area (Å²) in [6.07, 6.45) is 1.75. The van der Waals surface area contributed by atoms with Gasteiger partial charge in [0.05, 0.1) is 12.1 Å². The van der Waals surface area contributed by atoms with Crippen molar-refractivity contribution in [2.45, 2.75) is 13.2 Å². The van der Waals surface area contributed by atoms with Gasteiger partial charge in [-0.2, -0.15) is 5.10 Å². The first kappa shape index (κ1) is 13.7. The zero-order valence-electron chi connectivity index (χ0n) is 12.4. The van der Waals surface area contributed by atoms with E-state index < -0.39 is 0 Å². The van der Waals surface area contributed by atoms with Crippen LogP contribution in [-0.4, -0.2) is 19.9 Å². The van der Waals surface area contributed by atoms with Gasteiger partial charge in [-0.05, 0) is 29.8 Å². The molecule has 0 saturated heterocycles. The Balaban J connectivity index is 1.83. The van der Waals surface area contributed by atoms with Crippen molar-refractivity contribution in [3.63, 3.8) is 0 Å². The summed E-state index contributed by atoms with van der Waals surface area (Å²) in [6.45, 7) is 0.534. The Kier molecular flexibility index (Phi) is 3.40. The van der Waals surface area contributed by atoms with Gasteiger partial charge in [-0.15, -0.1) is 0 Å². The molecule has 1 N–H and O–H groups in total. The van der Waals surface area contributed by atoms with Gasteiger partial charge in [-0.1, -0.05) is 30.3 Å². The van der Waals surface area contributed by atoms with E-state index in [-0.39, 0.29) is 6.61 Å². The first-order valence-corrected chi connectivity index (χ1v) is 7.40. The van der Waals surface area contributed by atoms with Crippen molar-refractivity contribution in [3.05, 3.63) is 72.1 Å². The van der Waals surface area contributed by atoms with Gasteiger partial charge in [0.2, 0.25) is 0 Å². The first-order chi connectivity index (χ1) is 11.3. The van der Waals surface area contributed by atoms with E-state index in [1.54, 1.807) is 12.3 Å². The molecule has 0 amide bonds. The summed E-state index contributed by atoms with van der Waals surface area (Å²) in [5.74, 6) is 1.13. The average Bonchev–Trinajstić information content (AvgIpc) is 3.21. The molecule has 23 heavy (non-hydrogen) atoms. The van der Waals surface area contributed by atoms with Crippen molar-refractivity contribution in [3.8, 4) is 11.5 Å². The predicted octanol–water partition coefficient (Wildman–Crippen LogP) is 3.23. The minimum absolute atomic E-state index is 0.129. The molecule has 1 aromatic carbocycles. The maximum atomic E-state index is 9.18. The van der Waals surface area contributed by atoms with Gasteiger partial charge < -0.3 is 9.52 Å². The summed E-state index contributed by atoms with van der Waals surface area (Å²) >= 11 is 0. The molecule has 0 fully saturated rings. The molecule has 3 heterocycles. The van der Waals surface area contributed by atoms with E-state index in [2.05, 4.69) is 22.2 Å². The molecule has 0 aliphatic carbocycles. The molecule has 0 bridgehead atoms. The molecule has 0 atom stereocenters. The number of rotatable bonds is 4. The number of pyridine rings is 1. The van der Waals surface area contributed by atoms with Gasteiger partial charge in [-0.3, -0.25) is 9.67 Å². The standard InChI is InChI=1S/C18H15N3O2/c22-12-14-8-9-16(23-14)18-17-15(7-4-10-19-17)21(20-18)11-13-5-2-1-3-6-13/h1-10,22H,11-12H2. The highest BCUT2D eigenvalue weighted by atomic mass is 16.4. The third-order valence-corrected chi connectivity index (χ3v) is 3.74. The van der Waals surface area contributed by atoms with Crippen LogP contribution in [0.2, 0.25) is 0 Å². The molecule has 3 aromatic heterocycles. The third-order valence-electron chi connectivity index (χ3n) is 3.74. The molecule has 0 radical (unpaired) electrons. The lowest BCUT2D eigenvalue weighted by molar-refractivity contribution is 0.248. The van der Waals surface area contributed by atoms with E-state index in [4.69, 9.17) is 4.42 Å². The quantitative estimate of drug-likeness (QED) is 0.628. The predicted molar refractivity (Wildman–Crippen MR) is 86.7 cm³/mol. The summed E-state index contributed by atoms with van der Waals surface area (Å²) in [6, 6.07) is 17.6. The molecule has 0 saturated carbocycles. The zero-order chi connectivity index (χ0) is 15.6. The van der Waals surface area contributed by atoms with Crippen LogP contribution in [0.5, 0.6) is 0 Å². The van der Waals surface area contributed by atoms with Gasteiger partial charge >= 0.3 is 0 Å². The molecule has 4 aromatic rings. The van der Waals surface area contributed by atoms with Crippen molar-refractivity contribution in [1.82, 2.24) is 14.8 Å². The molecule has 5 heteroatoms. The topological polar surface area (TPSA) is 64.1 Å². The van der Waals surface area contributed by atoms with Gasteiger partial charge in [0, 0.05) is 6.20 Å². The van der Waals surface area contributed by atoms with E-state index in [9.17, 15) is 5.11 Å². The second-order valence-corrected chi connectivity index (χ2v) is 5.29. The summed E-state index contributed by atoms with van der Waals surface area (Å²) in [7, 11) is 0. The highest BCUT2D eigenvalue weighted by Gasteiger charge is 2.16. The van der Waals surface area contributed by atoms with Crippen LogP contribution < -0.4 is 0 Å². The minimum atomic E-state index is -0.129. The number of benzene rings is 1. The fourth-order valence-electron chi connectivity index (χ4n) is 2.64. The first-order valence-electron chi connectivity index (χ1n) is 7.40. The molecular formula is C18H15N3O2. The van der Waals surface area contributed by atoms with E-state index in [0.29, 0.717) is 23.8 Å². The Morgan fingerprint density at radius 2 is 1.87 bits per heavy atom. The molecule has 4 rings (SSSR count). The van der Waals surface area contributed by atoms with E-state index >= 15 is 0 Å². The van der Waals surface area contributed by atoms with Gasteiger partial charge in [0.15, 0.2) is 11.5 Å². The number of aliphatic hydroxyl groups excluding tert-OH is 1. The van der Waals surface area contributed by atoms with E-state index in [0.717, 1.165) is 11.0 Å². The molecule has 5 nitrogen and oxygen atoms in total. The molecular weight excluding hydrogens is 290 g/mol. The molecule has 0 unspecified atom stereocenters. The number of hydrogen-bond donors (Lipinski definition) is 1. The number of aliphatic hydroxyl groups is 1. The Morgan fingerprint density at radius 1 is 1.00 bits per heavy atom. The lowest BCUT2D eigenvalue weighted by atomic mass is 10.2. The Labute approximate surface area is 132 Å². The normalized spacial score (nSPS) is 11.2. The Hall–Kier alpha value is -2.92. The SMILES string of the molecule is OCc1ccc(-c2nn(Cc3ccccc3)c3cccnc23)o1. The van der Waals surface area contributed by atoms with Gasteiger partial charge in [0.1, 0.15) is 17.9 Å². The van der Waals surface area contributed by atoms with Crippen LogP contribution in [0, 0.1) is 0 Å². The lowest BCUT2D eigenvalue weighted by Gasteiger charge is -2.02. The van der Waals surface area contributed by atoms with Gasteiger partial charge in [-0.25, -0.2) is 0 Å². The lowest BCUT2D eigenvalue weighted by Crippen LogP contribution is -2.01. The van der Waals surface area contributed by atoms with Crippen molar-refractivity contribution < 1.29 is 9.52 Å². The number of fused-ring (bicyclic) bond motifs is 1. The summed E-state index contributed by atoms with van der Waals surface area (Å²) in [5.41, 5.74) is 3.61. The number of furan rings is 1. The average molecular weight is 305 g/mol. The highest BCUT2D eigenvalue weighted by molar-refractivity contribution is 5.88. The zero-order valence-corrected chi connectivity index (χ0v) is 12.4. The molecule has 0 spiro atoms. The van der Waals surface area contributed by atoms with Gasteiger partial charge in [0.25, 0.3) is 0 Å². The second-order valence-electron chi connectivity index (χ2n) is 5.29. The summed E-state index contributed by atoms with van der Waals surface area (Å²) < 4.78 is 7.55. The molecule has 0 aliphatic rings. The highest BCUT2D eigenvalue weighted by Crippen LogP contribution is 2.28. The Bertz CT molecular complexity index is 941. The van der Waals surface area contributed by atoms with Crippen LogP contribution in [-0.2, 0) is 13.2 Å². The fourth-order valence-corrected chi connectivity index (χ4v) is 2.64. The van der Waals surface area contributed by atoms with Crippen molar-refractivity contribution in [2.24, 2.45) is 0 Å². The van der Waals surface area contributed by atoms with E-state index in [1.165, 1.54) is 5.56 Å². The maximum Gasteiger partial charge on any atom is 0.156 e. The number of nitrogens with zero attached hydrogens (tertiary/aromatic N) is 3. The maximum absolute atomic E-state index is 9.18. The van der Waals surface area contributed by atoms with Crippen LogP contribution in [0.4, 0.5) is 0 Å². The Morgan fingerprint density at radius 3 is 2.65 bits per heavy atom. The number of aromatic nitrogens is 3. The van der Waals surface area contributed by atoms with Crippen molar-refractivity contribution >= 4 is 11.0 Å². The summed E-state index contributed by atoms with van der Waals surface area (Å²) in [4.78, 5) is 4.45. The monoisotopic (exact) mass is 305 g/mol. The third kappa shape index (κ3) is 2.51. The molecule has 114 valence electrons. The van der Waals surface area contributed by atoms with Crippen LogP contribution >= 0.6 is 0 Å². The van der Waals surface area contributed by atoms with Crippen LogP contribution in [0.15, 0.2) is 65.2 Å². The van der Waals surface area contributed by atoms with Crippen molar-refractivity contribution in [2.75, 3.05) is 0 Å². The van der Waals surface area contributed by atoms with Crippen LogP contribution in [0.1, 0.15) is 11.3 Å². The second kappa shape index (κ2) is 5.70. The largest absolute Gasteiger partial charge is 0.457 e. The molecule has 0 aliphatic heterocycles. The van der Waals surface area contributed by atoms with Crippen LogP contribution in [0.25, 0.3) is 22.5 Å². The van der Waals surface area contributed by atoms with E-state index in [1.807, 2.05) is 41.1 Å². The fraction of sp³-hybridized carbons (Fsp3) is 0.111. The summed E-state index contributed by atoms with van der Waals surface area (Å²) in [5, 5.41) is 13.9. The minimum Gasteiger partial charge on any atom is -0.457 e. The number of hydrogen-bond acceptors (Lipinski definition) is 4. The van der Waals surface area contributed by atoms with Crippen molar-refractivity contribution in [1.29, 1.82) is 0 Å². The van der Waals surface area contributed by atoms with Crippen LogP contribution in [0.3, 0.4) is 0 Å².